The van der Waals surface area contributed by atoms with Gasteiger partial charge in [-0.15, -0.1) is 0 Å². The quantitative estimate of drug-likeness (QED) is 0.332. The molecule has 5 rings (SSSR count). The molecule has 180 valence electrons. The standard InChI is InChI=1S/C28H24FN5O2/c1-28(29)14-12-19(13-15-28)27(36)33-23-8-11-25-20(16-23)17-31-34(25)24-9-6-22(7-10-24)32-26(35)18-2-4-21(30)5-3-18/h2-14,16-17H,15,30H2,1H3,(H,32,35)(H,33,36). The highest BCUT2D eigenvalue weighted by atomic mass is 19.1. The van der Waals surface area contributed by atoms with Crippen molar-refractivity contribution in [2.24, 2.45) is 0 Å². The van der Waals surface area contributed by atoms with Crippen molar-refractivity contribution in [3.05, 3.63) is 102 Å². The molecule has 7 nitrogen and oxygen atoms in total. The van der Waals surface area contributed by atoms with Gasteiger partial charge in [-0.25, -0.2) is 9.07 Å². The number of carbonyl (C=O) groups excluding carboxylic acids is 2. The molecule has 36 heavy (non-hydrogen) atoms. The summed E-state index contributed by atoms with van der Waals surface area (Å²) in [6, 6.07) is 19.6. The van der Waals surface area contributed by atoms with Crippen LogP contribution in [0.1, 0.15) is 23.7 Å². The van der Waals surface area contributed by atoms with E-state index >= 15 is 0 Å². The highest BCUT2D eigenvalue weighted by Crippen LogP contribution is 2.26. The van der Waals surface area contributed by atoms with E-state index in [4.69, 9.17) is 5.73 Å². The van der Waals surface area contributed by atoms with Crippen LogP contribution in [0.25, 0.3) is 16.6 Å². The minimum Gasteiger partial charge on any atom is -0.399 e. The summed E-state index contributed by atoms with van der Waals surface area (Å²) in [5.74, 6) is -0.509. The molecular formula is C28H24FN5O2. The van der Waals surface area contributed by atoms with E-state index in [-0.39, 0.29) is 18.2 Å². The minimum atomic E-state index is -1.42. The van der Waals surface area contributed by atoms with Crippen LogP contribution in [0, 0.1) is 0 Å². The first-order valence-electron chi connectivity index (χ1n) is 11.4. The first-order chi connectivity index (χ1) is 17.3. The van der Waals surface area contributed by atoms with Crippen LogP contribution in [0.3, 0.4) is 0 Å². The number of nitrogens with one attached hydrogen (secondary N) is 2. The van der Waals surface area contributed by atoms with Gasteiger partial charge in [0, 0.05) is 40.0 Å². The number of anilines is 3. The molecule has 1 atom stereocenters. The molecule has 2 amide bonds. The molecule has 0 aliphatic heterocycles. The van der Waals surface area contributed by atoms with Gasteiger partial charge in [-0.1, -0.05) is 12.2 Å². The van der Waals surface area contributed by atoms with Crippen molar-refractivity contribution in [3.8, 4) is 5.69 Å². The Morgan fingerprint density at radius 1 is 0.972 bits per heavy atom. The molecular weight excluding hydrogens is 457 g/mol. The molecule has 1 aromatic heterocycles. The van der Waals surface area contributed by atoms with Gasteiger partial charge in [-0.05, 0) is 79.7 Å². The predicted octanol–water partition coefficient (Wildman–Crippen LogP) is 5.41. The Bertz CT molecular complexity index is 1520. The van der Waals surface area contributed by atoms with Crippen molar-refractivity contribution >= 4 is 39.8 Å². The Balaban J connectivity index is 1.29. The van der Waals surface area contributed by atoms with Gasteiger partial charge < -0.3 is 16.4 Å². The third kappa shape index (κ3) is 4.88. The number of nitrogen functional groups attached to an aromatic ring is 1. The summed E-state index contributed by atoms with van der Waals surface area (Å²) in [5, 5.41) is 11.0. The van der Waals surface area contributed by atoms with Crippen molar-refractivity contribution in [3.63, 3.8) is 0 Å². The Morgan fingerprint density at radius 2 is 1.67 bits per heavy atom. The zero-order valence-electron chi connectivity index (χ0n) is 19.5. The number of hydrogen-bond acceptors (Lipinski definition) is 4. The lowest BCUT2D eigenvalue weighted by molar-refractivity contribution is -0.112. The number of amides is 2. The number of halogens is 1. The van der Waals surface area contributed by atoms with E-state index in [0.717, 1.165) is 16.6 Å². The SMILES string of the molecule is CC1(F)C=CC(C(=O)Nc2ccc3c(cnn3-c3ccc(NC(=O)c4ccc(N)cc4)cc3)c2)=CC1. The van der Waals surface area contributed by atoms with Gasteiger partial charge in [0.1, 0.15) is 5.67 Å². The lowest BCUT2D eigenvalue weighted by atomic mass is 9.95. The Hall–Kier alpha value is -4.72. The van der Waals surface area contributed by atoms with Crippen molar-refractivity contribution in [2.75, 3.05) is 16.4 Å². The van der Waals surface area contributed by atoms with Crippen molar-refractivity contribution in [2.45, 2.75) is 19.0 Å². The van der Waals surface area contributed by atoms with E-state index in [9.17, 15) is 14.0 Å². The van der Waals surface area contributed by atoms with Crippen LogP contribution in [-0.2, 0) is 4.79 Å². The molecule has 0 bridgehead atoms. The molecule has 8 heteroatoms. The molecule has 1 aliphatic rings. The largest absolute Gasteiger partial charge is 0.399 e. The summed E-state index contributed by atoms with van der Waals surface area (Å²) >= 11 is 0. The average Bonchev–Trinajstić information content (AvgIpc) is 3.28. The third-order valence-electron chi connectivity index (χ3n) is 5.96. The van der Waals surface area contributed by atoms with Crippen LogP contribution in [0.4, 0.5) is 21.5 Å². The van der Waals surface area contributed by atoms with Gasteiger partial charge in [0.2, 0.25) is 0 Å². The minimum absolute atomic E-state index is 0.169. The number of allylic oxidation sites excluding steroid dienone is 2. The lowest BCUT2D eigenvalue weighted by Crippen LogP contribution is -2.20. The van der Waals surface area contributed by atoms with E-state index < -0.39 is 5.67 Å². The fraction of sp³-hybridized carbons (Fsp3) is 0.107. The summed E-state index contributed by atoms with van der Waals surface area (Å²) in [7, 11) is 0. The zero-order chi connectivity index (χ0) is 25.3. The monoisotopic (exact) mass is 481 g/mol. The van der Waals surface area contributed by atoms with E-state index in [2.05, 4.69) is 15.7 Å². The number of fused-ring (bicyclic) bond motifs is 1. The van der Waals surface area contributed by atoms with E-state index in [1.54, 1.807) is 59.4 Å². The molecule has 4 aromatic rings. The maximum Gasteiger partial charge on any atom is 0.255 e. The third-order valence-corrected chi connectivity index (χ3v) is 5.96. The highest BCUT2D eigenvalue weighted by molar-refractivity contribution is 6.07. The molecule has 1 aliphatic carbocycles. The van der Waals surface area contributed by atoms with Crippen LogP contribution in [0.2, 0.25) is 0 Å². The smallest absolute Gasteiger partial charge is 0.255 e. The highest BCUT2D eigenvalue weighted by Gasteiger charge is 2.23. The molecule has 3 aromatic carbocycles. The van der Waals surface area contributed by atoms with Crippen molar-refractivity contribution < 1.29 is 14.0 Å². The predicted molar refractivity (Wildman–Crippen MR) is 140 cm³/mol. The number of alkyl halides is 1. The molecule has 1 unspecified atom stereocenters. The maximum atomic E-state index is 13.9. The summed E-state index contributed by atoms with van der Waals surface area (Å²) in [6.07, 6.45) is 6.41. The van der Waals surface area contributed by atoms with Gasteiger partial charge in [0.15, 0.2) is 0 Å². The maximum absolute atomic E-state index is 13.9. The summed E-state index contributed by atoms with van der Waals surface area (Å²) in [4.78, 5) is 25.0. The number of nitrogens with zero attached hydrogens (tertiary/aromatic N) is 2. The van der Waals surface area contributed by atoms with Crippen molar-refractivity contribution in [1.29, 1.82) is 0 Å². The Labute approximate surface area is 207 Å². The zero-order valence-corrected chi connectivity index (χ0v) is 19.5. The average molecular weight is 482 g/mol. The second-order valence-corrected chi connectivity index (χ2v) is 8.88. The van der Waals surface area contributed by atoms with Gasteiger partial charge >= 0.3 is 0 Å². The second-order valence-electron chi connectivity index (χ2n) is 8.88. The Kier molecular flexibility index (Phi) is 5.85. The van der Waals surface area contributed by atoms with Gasteiger partial charge in [0.05, 0.1) is 17.4 Å². The van der Waals surface area contributed by atoms with Crippen LogP contribution < -0.4 is 16.4 Å². The van der Waals surface area contributed by atoms with Crippen LogP contribution in [-0.4, -0.2) is 27.3 Å². The Morgan fingerprint density at radius 3 is 2.36 bits per heavy atom. The molecule has 0 fully saturated rings. The second kappa shape index (κ2) is 9.14. The molecule has 0 radical (unpaired) electrons. The first-order valence-corrected chi connectivity index (χ1v) is 11.4. The first kappa shape index (κ1) is 23.0. The van der Waals surface area contributed by atoms with Crippen molar-refractivity contribution in [1.82, 2.24) is 9.78 Å². The molecule has 4 N–H and O–H groups in total. The number of nitrogens with two attached hydrogens (primary N) is 1. The van der Waals surface area contributed by atoms with Gasteiger partial charge in [-0.2, -0.15) is 5.10 Å². The van der Waals surface area contributed by atoms with Gasteiger partial charge in [-0.3, -0.25) is 9.59 Å². The van der Waals surface area contributed by atoms with E-state index in [1.165, 1.54) is 19.1 Å². The van der Waals surface area contributed by atoms with Crippen LogP contribution >= 0.6 is 0 Å². The summed E-state index contributed by atoms with van der Waals surface area (Å²) < 4.78 is 15.7. The molecule has 1 heterocycles. The summed E-state index contributed by atoms with van der Waals surface area (Å²) in [6.45, 7) is 1.48. The number of aromatic nitrogens is 2. The fourth-order valence-corrected chi connectivity index (χ4v) is 3.92. The number of hydrogen-bond donors (Lipinski definition) is 3. The lowest BCUT2D eigenvalue weighted by Gasteiger charge is -2.18. The summed E-state index contributed by atoms with van der Waals surface area (Å²) in [5.41, 5.74) is 8.76. The van der Waals surface area contributed by atoms with E-state index in [0.29, 0.717) is 28.2 Å². The van der Waals surface area contributed by atoms with Crippen LogP contribution in [0.5, 0.6) is 0 Å². The number of carbonyl (C=O) groups is 2. The topological polar surface area (TPSA) is 102 Å². The van der Waals surface area contributed by atoms with E-state index in [1.807, 2.05) is 24.3 Å². The molecule has 0 saturated carbocycles. The molecule has 0 spiro atoms. The van der Waals surface area contributed by atoms with Crippen LogP contribution in [0.15, 0.2) is 96.7 Å². The normalized spacial score (nSPS) is 17.0. The number of benzene rings is 3. The molecule has 0 saturated heterocycles. The fourth-order valence-electron chi connectivity index (χ4n) is 3.92. The number of rotatable bonds is 5. The van der Waals surface area contributed by atoms with Gasteiger partial charge in [0.25, 0.3) is 11.8 Å².